The van der Waals surface area contributed by atoms with Crippen LogP contribution < -0.4 is 10.9 Å². The standard InChI is InChI=1S/C15H14N4O3S2/c1-22-7-6-19-13(20)5-4-10(18-19)14(21)17-15-16-11(9-24-15)12-3-2-8-23-12/h2-5,8-9H,6-7H2,1H3,(H,16,17,21). The lowest BCUT2D eigenvalue weighted by atomic mass is 10.3. The molecule has 0 bridgehead atoms. The predicted octanol–water partition coefficient (Wildman–Crippen LogP) is 2.33. The number of amides is 1. The first-order chi connectivity index (χ1) is 11.7. The van der Waals surface area contributed by atoms with Gasteiger partial charge in [-0.1, -0.05) is 6.07 Å². The topological polar surface area (TPSA) is 86.1 Å². The van der Waals surface area contributed by atoms with Crippen LogP contribution in [0.4, 0.5) is 5.13 Å². The summed E-state index contributed by atoms with van der Waals surface area (Å²) in [5.74, 6) is -0.409. The minimum Gasteiger partial charge on any atom is -0.383 e. The Bertz CT molecular complexity index is 886. The molecule has 3 aromatic rings. The van der Waals surface area contributed by atoms with E-state index in [1.807, 2.05) is 22.9 Å². The molecule has 124 valence electrons. The number of nitrogens with zero attached hydrogens (tertiary/aromatic N) is 3. The highest BCUT2D eigenvalue weighted by atomic mass is 32.1. The van der Waals surface area contributed by atoms with Crippen LogP contribution in [0.3, 0.4) is 0 Å². The number of nitrogens with one attached hydrogen (secondary N) is 1. The maximum absolute atomic E-state index is 12.3. The van der Waals surface area contributed by atoms with E-state index in [1.54, 1.807) is 11.3 Å². The van der Waals surface area contributed by atoms with E-state index in [0.29, 0.717) is 11.7 Å². The fourth-order valence-corrected chi connectivity index (χ4v) is 3.40. The number of thiophene rings is 1. The number of hydrogen-bond donors (Lipinski definition) is 1. The minimum absolute atomic E-state index is 0.151. The molecule has 0 spiro atoms. The molecule has 1 amide bonds. The van der Waals surface area contributed by atoms with Gasteiger partial charge in [0.05, 0.1) is 23.7 Å². The summed E-state index contributed by atoms with van der Waals surface area (Å²) in [5, 5.41) is 11.1. The summed E-state index contributed by atoms with van der Waals surface area (Å²) < 4.78 is 6.13. The van der Waals surface area contributed by atoms with E-state index in [9.17, 15) is 9.59 Å². The van der Waals surface area contributed by atoms with Gasteiger partial charge < -0.3 is 4.74 Å². The molecule has 0 aliphatic rings. The Hall–Kier alpha value is -2.36. The summed E-state index contributed by atoms with van der Waals surface area (Å²) in [6.45, 7) is 0.630. The average molecular weight is 362 g/mol. The van der Waals surface area contributed by atoms with Crippen LogP contribution in [0.5, 0.6) is 0 Å². The molecule has 7 nitrogen and oxygen atoms in total. The first kappa shape index (κ1) is 16.5. The molecule has 0 saturated carbocycles. The summed E-state index contributed by atoms with van der Waals surface area (Å²) in [6, 6.07) is 6.63. The molecular formula is C15H14N4O3S2. The van der Waals surface area contributed by atoms with Crippen molar-refractivity contribution in [3.63, 3.8) is 0 Å². The summed E-state index contributed by atoms with van der Waals surface area (Å²) in [7, 11) is 1.54. The smallest absolute Gasteiger partial charge is 0.277 e. The zero-order chi connectivity index (χ0) is 16.9. The maximum Gasteiger partial charge on any atom is 0.277 e. The number of aromatic nitrogens is 3. The quantitative estimate of drug-likeness (QED) is 0.727. The lowest BCUT2D eigenvalue weighted by molar-refractivity contribution is 0.101. The van der Waals surface area contributed by atoms with Crippen molar-refractivity contribution in [2.24, 2.45) is 0 Å². The number of hydrogen-bond acceptors (Lipinski definition) is 7. The summed E-state index contributed by atoms with van der Waals surface area (Å²) >= 11 is 2.92. The number of carbonyl (C=O) groups is 1. The number of methoxy groups -OCH3 is 1. The van der Waals surface area contributed by atoms with Crippen molar-refractivity contribution in [3.05, 3.63) is 51.1 Å². The highest BCUT2D eigenvalue weighted by Gasteiger charge is 2.13. The Balaban J connectivity index is 1.74. The van der Waals surface area contributed by atoms with Gasteiger partial charge in [-0.2, -0.15) is 5.10 Å². The van der Waals surface area contributed by atoms with Gasteiger partial charge in [0.15, 0.2) is 5.13 Å². The SMILES string of the molecule is COCCn1nc(C(=O)Nc2nc(-c3cccs3)cs2)ccc1=O. The zero-order valence-electron chi connectivity index (χ0n) is 12.8. The highest BCUT2D eigenvalue weighted by molar-refractivity contribution is 7.16. The number of rotatable bonds is 6. The van der Waals surface area contributed by atoms with Crippen molar-refractivity contribution in [1.29, 1.82) is 0 Å². The van der Waals surface area contributed by atoms with E-state index in [2.05, 4.69) is 15.4 Å². The van der Waals surface area contributed by atoms with Crippen LogP contribution in [0, 0.1) is 0 Å². The largest absolute Gasteiger partial charge is 0.383 e. The second-order valence-electron chi connectivity index (χ2n) is 4.74. The first-order valence-electron chi connectivity index (χ1n) is 7.05. The number of carbonyl (C=O) groups excluding carboxylic acids is 1. The van der Waals surface area contributed by atoms with E-state index in [0.717, 1.165) is 10.6 Å². The third-order valence-electron chi connectivity index (χ3n) is 3.10. The van der Waals surface area contributed by atoms with Gasteiger partial charge in [-0.25, -0.2) is 9.67 Å². The van der Waals surface area contributed by atoms with Crippen LogP contribution in [0.2, 0.25) is 0 Å². The molecule has 0 aromatic carbocycles. The van der Waals surface area contributed by atoms with Crippen molar-refractivity contribution in [2.45, 2.75) is 6.54 Å². The van der Waals surface area contributed by atoms with Crippen LogP contribution in [0.1, 0.15) is 10.5 Å². The van der Waals surface area contributed by atoms with Crippen LogP contribution in [0.15, 0.2) is 39.8 Å². The van der Waals surface area contributed by atoms with Crippen LogP contribution in [0.25, 0.3) is 10.6 Å². The molecule has 0 atom stereocenters. The molecule has 0 saturated heterocycles. The Morgan fingerprint density at radius 2 is 2.21 bits per heavy atom. The van der Waals surface area contributed by atoms with Gasteiger partial charge >= 0.3 is 0 Å². The Morgan fingerprint density at radius 1 is 1.33 bits per heavy atom. The second kappa shape index (κ2) is 7.47. The second-order valence-corrected chi connectivity index (χ2v) is 6.55. The Kier molecular flexibility index (Phi) is 5.14. The number of thiazole rings is 1. The molecule has 0 fully saturated rings. The summed E-state index contributed by atoms with van der Waals surface area (Å²) in [5.41, 5.74) is 0.694. The lowest BCUT2D eigenvalue weighted by Gasteiger charge is -2.06. The van der Waals surface area contributed by atoms with Crippen molar-refractivity contribution in [3.8, 4) is 10.6 Å². The van der Waals surface area contributed by atoms with Crippen molar-refractivity contribution >= 4 is 33.7 Å². The molecule has 0 unspecified atom stereocenters. The summed E-state index contributed by atoms with van der Waals surface area (Å²) in [4.78, 5) is 29.4. The average Bonchev–Trinajstić information content (AvgIpc) is 3.25. The van der Waals surface area contributed by atoms with E-state index >= 15 is 0 Å². The predicted molar refractivity (Wildman–Crippen MR) is 93.8 cm³/mol. The molecule has 0 aliphatic carbocycles. The maximum atomic E-state index is 12.3. The Morgan fingerprint density at radius 3 is 2.96 bits per heavy atom. The van der Waals surface area contributed by atoms with Crippen LogP contribution >= 0.6 is 22.7 Å². The lowest BCUT2D eigenvalue weighted by Crippen LogP contribution is -2.27. The van der Waals surface area contributed by atoms with Gasteiger partial charge in [-0.3, -0.25) is 14.9 Å². The van der Waals surface area contributed by atoms with Gasteiger partial charge in [0.2, 0.25) is 0 Å². The molecule has 0 radical (unpaired) electrons. The zero-order valence-corrected chi connectivity index (χ0v) is 14.4. The highest BCUT2D eigenvalue weighted by Crippen LogP contribution is 2.28. The fraction of sp³-hybridized carbons (Fsp3) is 0.200. The molecule has 24 heavy (non-hydrogen) atoms. The van der Waals surface area contributed by atoms with Crippen LogP contribution in [-0.2, 0) is 11.3 Å². The number of anilines is 1. The minimum atomic E-state index is -0.409. The van der Waals surface area contributed by atoms with E-state index in [1.165, 1.54) is 35.3 Å². The van der Waals surface area contributed by atoms with Crippen molar-refractivity contribution in [1.82, 2.24) is 14.8 Å². The Labute approximate surface area is 145 Å². The van der Waals surface area contributed by atoms with Crippen molar-refractivity contribution in [2.75, 3.05) is 19.0 Å². The monoisotopic (exact) mass is 362 g/mol. The van der Waals surface area contributed by atoms with Gasteiger partial charge in [0.25, 0.3) is 11.5 Å². The van der Waals surface area contributed by atoms with Gasteiger partial charge in [0.1, 0.15) is 5.69 Å². The number of ether oxygens (including phenoxy) is 1. The van der Waals surface area contributed by atoms with E-state index in [-0.39, 0.29) is 17.8 Å². The first-order valence-corrected chi connectivity index (χ1v) is 8.81. The van der Waals surface area contributed by atoms with Gasteiger partial charge in [0, 0.05) is 18.6 Å². The summed E-state index contributed by atoms with van der Waals surface area (Å²) in [6.07, 6.45) is 0. The third kappa shape index (κ3) is 3.75. The van der Waals surface area contributed by atoms with E-state index < -0.39 is 5.91 Å². The molecule has 3 heterocycles. The van der Waals surface area contributed by atoms with Crippen molar-refractivity contribution < 1.29 is 9.53 Å². The molecule has 9 heteroatoms. The third-order valence-corrected chi connectivity index (χ3v) is 4.75. The molecular weight excluding hydrogens is 348 g/mol. The molecule has 0 aliphatic heterocycles. The molecule has 1 N–H and O–H groups in total. The van der Waals surface area contributed by atoms with Gasteiger partial charge in [-0.15, -0.1) is 22.7 Å². The fourth-order valence-electron chi connectivity index (χ4n) is 1.94. The normalized spacial score (nSPS) is 10.7. The van der Waals surface area contributed by atoms with E-state index in [4.69, 9.17) is 4.74 Å². The van der Waals surface area contributed by atoms with Crippen LogP contribution in [-0.4, -0.2) is 34.4 Å². The molecule has 3 rings (SSSR count). The molecule has 3 aromatic heterocycles. The van der Waals surface area contributed by atoms with Gasteiger partial charge in [-0.05, 0) is 17.5 Å².